The zero-order valence-corrected chi connectivity index (χ0v) is 15.7. The largest absolute Gasteiger partial charge is 0.463 e. The molecule has 1 atom stereocenters. The van der Waals surface area contributed by atoms with Gasteiger partial charge >= 0.3 is 5.97 Å². The summed E-state index contributed by atoms with van der Waals surface area (Å²) < 4.78 is 19.2. The SMILES string of the molecule is COC(=O)C(=O)C1=C(c2ccccc2)NC(=S)N[C@@H]1c1c(F)cccc1Cl. The monoisotopic (exact) mass is 404 g/mol. The first-order valence-electron chi connectivity index (χ1n) is 7.87. The van der Waals surface area contributed by atoms with E-state index in [-0.39, 0.29) is 21.3 Å². The molecule has 0 bridgehead atoms. The normalized spacial score (nSPS) is 16.4. The second-order valence-electron chi connectivity index (χ2n) is 5.64. The van der Waals surface area contributed by atoms with E-state index in [2.05, 4.69) is 15.4 Å². The standard InChI is InChI=1S/C19H14ClFN2O3S/c1-26-18(25)17(24)14-15(10-6-3-2-4-7-10)22-19(27)23-16(14)13-11(20)8-5-9-12(13)21/h2-9,16H,1H3,(H2,22,23,27)/t16-/m1/s1. The van der Waals surface area contributed by atoms with Gasteiger partial charge in [-0.05, 0) is 29.9 Å². The minimum Gasteiger partial charge on any atom is -0.463 e. The molecule has 0 amide bonds. The van der Waals surface area contributed by atoms with E-state index in [1.165, 1.54) is 18.2 Å². The molecule has 1 aliphatic rings. The maximum atomic E-state index is 14.6. The van der Waals surface area contributed by atoms with Crippen molar-refractivity contribution < 1.29 is 18.7 Å². The van der Waals surface area contributed by atoms with Gasteiger partial charge in [-0.3, -0.25) is 4.79 Å². The Labute approximate surface area is 165 Å². The van der Waals surface area contributed by atoms with Gasteiger partial charge in [0.1, 0.15) is 5.82 Å². The summed E-state index contributed by atoms with van der Waals surface area (Å²) >= 11 is 11.4. The molecule has 0 saturated heterocycles. The Morgan fingerprint density at radius 3 is 2.48 bits per heavy atom. The lowest BCUT2D eigenvalue weighted by Crippen LogP contribution is -2.46. The van der Waals surface area contributed by atoms with E-state index in [0.29, 0.717) is 11.3 Å². The molecule has 1 heterocycles. The third kappa shape index (κ3) is 3.70. The molecule has 0 unspecified atom stereocenters. The number of carbonyl (C=O) groups is 2. The van der Waals surface area contributed by atoms with Gasteiger partial charge in [0, 0.05) is 10.6 Å². The van der Waals surface area contributed by atoms with Crippen LogP contribution >= 0.6 is 23.8 Å². The van der Waals surface area contributed by atoms with Crippen molar-refractivity contribution in [3.63, 3.8) is 0 Å². The van der Waals surface area contributed by atoms with Gasteiger partial charge in [0.15, 0.2) is 5.11 Å². The molecule has 27 heavy (non-hydrogen) atoms. The summed E-state index contributed by atoms with van der Waals surface area (Å²) in [5, 5.41) is 5.98. The molecule has 138 valence electrons. The third-order valence-corrected chi connectivity index (χ3v) is 4.59. The van der Waals surface area contributed by atoms with Gasteiger partial charge in [-0.25, -0.2) is 9.18 Å². The number of hydrogen-bond donors (Lipinski definition) is 2. The van der Waals surface area contributed by atoms with Crippen LogP contribution in [0.5, 0.6) is 0 Å². The molecule has 0 radical (unpaired) electrons. The number of nitrogens with one attached hydrogen (secondary N) is 2. The first-order chi connectivity index (χ1) is 12.9. The Balaban J connectivity index is 2.29. The topological polar surface area (TPSA) is 67.4 Å². The van der Waals surface area contributed by atoms with Crippen LogP contribution in [0.1, 0.15) is 17.2 Å². The second kappa shape index (κ2) is 7.85. The average molecular weight is 405 g/mol. The van der Waals surface area contributed by atoms with Crippen LogP contribution < -0.4 is 10.6 Å². The highest BCUT2D eigenvalue weighted by molar-refractivity contribution is 7.80. The van der Waals surface area contributed by atoms with Crippen LogP contribution in [0.4, 0.5) is 4.39 Å². The van der Waals surface area contributed by atoms with Crippen LogP contribution in [0.3, 0.4) is 0 Å². The van der Waals surface area contributed by atoms with Gasteiger partial charge in [0.2, 0.25) is 0 Å². The molecule has 0 saturated carbocycles. The van der Waals surface area contributed by atoms with Gasteiger partial charge < -0.3 is 15.4 Å². The smallest absolute Gasteiger partial charge is 0.379 e. The van der Waals surface area contributed by atoms with Crippen molar-refractivity contribution in [1.82, 2.24) is 10.6 Å². The first-order valence-corrected chi connectivity index (χ1v) is 8.66. The van der Waals surface area contributed by atoms with Crippen LogP contribution in [0, 0.1) is 5.82 Å². The Morgan fingerprint density at radius 2 is 1.85 bits per heavy atom. The first kappa shape index (κ1) is 19.0. The van der Waals surface area contributed by atoms with Crippen LogP contribution in [-0.4, -0.2) is 24.0 Å². The van der Waals surface area contributed by atoms with E-state index >= 15 is 0 Å². The maximum absolute atomic E-state index is 14.6. The van der Waals surface area contributed by atoms with Crippen LogP contribution in [-0.2, 0) is 14.3 Å². The summed E-state index contributed by atoms with van der Waals surface area (Å²) in [7, 11) is 1.10. The molecule has 2 aromatic carbocycles. The third-order valence-electron chi connectivity index (χ3n) is 4.04. The number of carbonyl (C=O) groups excluding carboxylic acids is 2. The highest BCUT2D eigenvalue weighted by Crippen LogP contribution is 2.36. The fourth-order valence-electron chi connectivity index (χ4n) is 2.85. The molecule has 0 fully saturated rings. The number of esters is 1. The number of methoxy groups -OCH3 is 1. The van der Waals surface area contributed by atoms with Gasteiger partial charge in [-0.1, -0.05) is 48.0 Å². The van der Waals surface area contributed by atoms with Gasteiger partial charge in [0.25, 0.3) is 5.78 Å². The van der Waals surface area contributed by atoms with E-state index in [1.54, 1.807) is 30.3 Å². The van der Waals surface area contributed by atoms with Crippen molar-refractivity contribution in [3.8, 4) is 0 Å². The quantitative estimate of drug-likeness (QED) is 0.463. The van der Waals surface area contributed by atoms with Gasteiger partial charge in [0.05, 0.1) is 24.4 Å². The minimum absolute atomic E-state index is 0.0173. The van der Waals surface area contributed by atoms with Crippen molar-refractivity contribution in [2.24, 2.45) is 0 Å². The summed E-state index contributed by atoms with van der Waals surface area (Å²) in [6.07, 6.45) is 0. The zero-order valence-electron chi connectivity index (χ0n) is 14.1. The summed E-state index contributed by atoms with van der Waals surface area (Å²) in [4.78, 5) is 24.8. The number of ether oxygens (including phenoxy) is 1. The molecule has 5 nitrogen and oxygen atoms in total. The number of thiocarbonyl (C=S) groups is 1. The molecule has 1 aliphatic heterocycles. The Hall–Kier alpha value is -2.77. The summed E-state index contributed by atoms with van der Waals surface area (Å²) in [6.45, 7) is 0. The number of benzene rings is 2. The van der Waals surface area contributed by atoms with E-state index in [9.17, 15) is 14.0 Å². The lowest BCUT2D eigenvalue weighted by Gasteiger charge is -2.31. The Morgan fingerprint density at radius 1 is 1.15 bits per heavy atom. The molecule has 8 heteroatoms. The Bertz CT molecular complexity index is 942. The van der Waals surface area contributed by atoms with E-state index < -0.39 is 23.6 Å². The highest BCUT2D eigenvalue weighted by Gasteiger charge is 2.37. The number of halogens is 2. The van der Waals surface area contributed by atoms with Gasteiger partial charge in [-0.2, -0.15) is 0 Å². The zero-order chi connectivity index (χ0) is 19.6. The lowest BCUT2D eigenvalue weighted by atomic mass is 9.89. The van der Waals surface area contributed by atoms with Gasteiger partial charge in [-0.15, -0.1) is 0 Å². The summed E-state index contributed by atoms with van der Waals surface area (Å²) in [5.41, 5.74) is 0.877. The number of Topliss-reactive ketones (excluding diaryl/α,β-unsaturated/α-hetero) is 1. The molecule has 2 N–H and O–H groups in total. The Kier molecular flexibility index (Phi) is 5.53. The number of rotatable bonds is 4. The molecule has 0 aromatic heterocycles. The lowest BCUT2D eigenvalue weighted by molar-refractivity contribution is -0.150. The second-order valence-corrected chi connectivity index (χ2v) is 6.46. The van der Waals surface area contributed by atoms with Crippen LogP contribution in [0.15, 0.2) is 54.1 Å². The van der Waals surface area contributed by atoms with Crippen molar-refractivity contribution >= 4 is 46.4 Å². The maximum Gasteiger partial charge on any atom is 0.379 e. The van der Waals surface area contributed by atoms with Crippen LogP contribution in [0.2, 0.25) is 5.02 Å². The van der Waals surface area contributed by atoms with Crippen molar-refractivity contribution in [1.29, 1.82) is 0 Å². The molecular formula is C19H14ClFN2O3S. The van der Waals surface area contributed by atoms with Crippen LogP contribution in [0.25, 0.3) is 5.70 Å². The number of hydrogen-bond acceptors (Lipinski definition) is 4. The van der Waals surface area contributed by atoms with E-state index in [4.69, 9.17) is 23.8 Å². The fraction of sp³-hybridized carbons (Fsp3) is 0.105. The molecule has 3 rings (SSSR count). The van der Waals surface area contributed by atoms with Crippen molar-refractivity contribution in [3.05, 3.63) is 76.1 Å². The molecular weight excluding hydrogens is 391 g/mol. The predicted molar refractivity (Wildman–Crippen MR) is 103 cm³/mol. The highest BCUT2D eigenvalue weighted by atomic mass is 35.5. The predicted octanol–water partition coefficient (Wildman–Crippen LogP) is 3.15. The average Bonchev–Trinajstić information content (AvgIpc) is 2.67. The summed E-state index contributed by atoms with van der Waals surface area (Å²) in [6, 6.07) is 11.9. The molecule has 0 aliphatic carbocycles. The molecule has 0 spiro atoms. The number of ketones is 1. The summed E-state index contributed by atoms with van der Waals surface area (Å²) in [5.74, 6) is -2.64. The van der Waals surface area contributed by atoms with Crippen molar-refractivity contribution in [2.75, 3.05) is 7.11 Å². The van der Waals surface area contributed by atoms with E-state index in [1.807, 2.05) is 0 Å². The molecule has 2 aromatic rings. The minimum atomic E-state index is -1.08. The fourth-order valence-corrected chi connectivity index (χ4v) is 3.34. The van der Waals surface area contributed by atoms with Crippen molar-refractivity contribution in [2.45, 2.75) is 6.04 Å². The van der Waals surface area contributed by atoms with E-state index in [0.717, 1.165) is 7.11 Å².